The van der Waals surface area contributed by atoms with E-state index in [2.05, 4.69) is 28.9 Å². The number of hydrogen-bond acceptors (Lipinski definition) is 6. The summed E-state index contributed by atoms with van der Waals surface area (Å²) < 4.78 is 6.65. The summed E-state index contributed by atoms with van der Waals surface area (Å²) in [6, 6.07) is 6.16. The van der Waals surface area contributed by atoms with Crippen molar-refractivity contribution in [3.8, 4) is 23.4 Å². The number of pyridine rings is 1. The van der Waals surface area contributed by atoms with Crippen molar-refractivity contribution in [1.82, 2.24) is 24.7 Å². The van der Waals surface area contributed by atoms with Crippen LogP contribution in [-0.4, -0.2) is 24.7 Å². The zero-order valence-electron chi connectivity index (χ0n) is 16.2. The molecule has 0 aliphatic rings. The van der Waals surface area contributed by atoms with E-state index in [4.69, 9.17) is 33.2 Å². The predicted octanol–water partition coefficient (Wildman–Crippen LogP) is 3.89. The fraction of sp³-hybridized carbons (Fsp3) is 0.150. The summed E-state index contributed by atoms with van der Waals surface area (Å²) in [7, 11) is 0. The van der Waals surface area contributed by atoms with Gasteiger partial charge in [-0.05, 0) is 23.6 Å². The topological polar surface area (TPSA) is 129 Å². The van der Waals surface area contributed by atoms with Gasteiger partial charge in [0.1, 0.15) is 6.07 Å². The maximum Gasteiger partial charge on any atom is 0.349 e. The first-order valence-corrected chi connectivity index (χ1v) is 9.82. The van der Waals surface area contributed by atoms with E-state index in [1.807, 2.05) is 11.2 Å². The van der Waals surface area contributed by atoms with Crippen LogP contribution >= 0.6 is 23.2 Å². The molecule has 4 rings (SSSR count). The number of halogens is 2. The molecule has 0 saturated heterocycles. The molecule has 11 heteroatoms. The minimum absolute atomic E-state index is 0.0842. The number of nitrogens with one attached hydrogen (secondary N) is 2. The molecule has 1 aromatic carbocycles. The fourth-order valence-electron chi connectivity index (χ4n) is 3.08. The molecule has 156 valence electrons. The Bertz CT molecular complexity index is 1460. The Morgan fingerprint density at radius 2 is 1.90 bits per heavy atom. The highest BCUT2D eigenvalue weighted by Crippen LogP contribution is 2.38. The lowest BCUT2D eigenvalue weighted by Crippen LogP contribution is -2.33. The molecule has 9 nitrogen and oxygen atoms in total. The number of nitrogens with zero attached hydrogens (tertiary/aromatic N) is 4. The molecule has 0 bridgehead atoms. The molecule has 0 aliphatic heterocycles. The van der Waals surface area contributed by atoms with E-state index >= 15 is 0 Å². The van der Waals surface area contributed by atoms with Crippen LogP contribution in [0.15, 0.2) is 40.2 Å². The van der Waals surface area contributed by atoms with Gasteiger partial charge in [-0.3, -0.25) is 9.78 Å². The van der Waals surface area contributed by atoms with Gasteiger partial charge in [-0.15, -0.1) is 5.10 Å². The number of aromatic nitrogens is 5. The summed E-state index contributed by atoms with van der Waals surface area (Å²) in [5.41, 5.74) is -0.0566. The smallest absolute Gasteiger partial charge is 0.349 e. The third-order valence-corrected chi connectivity index (χ3v) is 5.12. The molecule has 0 atom stereocenters. The van der Waals surface area contributed by atoms with Crippen molar-refractivity contribution >= 4 is 34.1 Å². The number of ether oxygens (including phenoxy) is 1. The van der Waals surface area contributed by atoms with Crippen molar-refractivity contribution in [3.63, 3.8) is 0 Å². The van der Waals surface area contributed by atoms with Crippen LogP contribution in [0.2, 0.25) is 10.0 Å². The van der Waals surface area contributed by atoms with Crippen LogP contribution in [0.25, 0.3) is 16.6 Å². The van der Waals surface area contributed by atoms with Gasteiger partial charge in [-0.1, -0.05) is 37.0 Å². The van der Waals surface area contributed by atoms with E-state index in [0.717, 1.165) is 21.1 Å². The Labute approximate surface area is 184 Å². The minimum Gasteiger partial charge on any atom is -0.436 e. The van der Waals surface area contributed by atoms with Crippen LogP contribution in [0.1, 0.15) is 31.0 Å². The fourth-order valence-corrected chi connectivity index (χ4v) is 3.63. The van der Waals surface area contributed by atoms with Crippen LogP contribution in [0.3, 0.4) is 0 Å². The largest absolute Gasteiger partial charge is 0.436 e. The number of aromatic amines is 2. The van der Waals surface area contributed by atoms with Crippen LogP contribution in [0.5, 0.6) is 11.6 Å². The van der Waals surface area contributed by atoms with E-state index in [9.17, 15) is 9.59 Å². The molecule has 0 unspecified atom stereocenters. The number of fused-ring (bicyclic) bond motifs is 1. The second-order valence-electron chi connectivity index (χ2n) is 6.94. The number of H-pyrrole nitrogens is 2. The van der Waals surface area contributed by atoms with E-state index in [1.165, 1.54) is 12.1 Å². The zero-order chi connectivity index (χ0) is 22.3. The molecule has 0 radical (unpaired) electrons. The van der Waals surface area contributed by atoms with Crippen molar-refractivity contribution in [2.75, 3.05) is 0 Å². The lowest BCUT2D eigenvalue weighted by molar-refractivity contribution is 0.464. The van der Waals surface area contributed by atoms with Crippen molar-refractivity contribution < 1.29 is 4.74 Å². The number of nitriles is 1. The first-order chi connectivity index (χ1) is 14.8. The molecule has 31 heavy (non-hydrogen) atoms. The molecule has 0 amide bonds. The van der Waals surface area contributed by atoms with Gasteiger partial charge >= 0.3 is 5.69 Å². The average molecular weight is 457 g/mol. The van der Waals surface area contributed by atoms with Crippen LogP contribution in [0.4, 0.5) is 0 Å². The highest BCUT2D eigenvalue weighted by molar-refractivity contribution is 6.37. The average Bonchev–Trinajstić information content (AvgIpc) is 3.14. The van der Waals surface area contributed by atoms with Crippen molar-refractivity contribution in [2.45, 2.75) is 19.8 Å². The van der Waals surface area contributed by atoms with Gasteiger partial charge in [0.05, 0.1) is 27.4 Å². The third-order valence-electron chi connectivity index (χ3n) is 4.56. The van der Waals surface area contributed by atoms with Crippen LogP contribution < -0.4 is 16.0 Å². The number of rotatable bonds is 4. The maximum atomic E-state index is 12.1. The third kappa shape index (κ3) is 3.79. The summed E-state index contributed by atoms with van der Waals surface area (Å²) >= 11 is 12.7. The molecular formula is C20H14Cl2N6O3. The summed E-state index contributed by atoms with van der Waals surface area (Å²) in [5.74, 6) is 0.729. The summed E-state index contributed by atoms with van der Waals surface area (Å²) in [6.07, 6.45) is 3.58. The highest BCUT2D eigenvalue weighted by Gasteiger charge is 2.16. The molecule has 3 aromatic heterocycles. The second kappa shape index (κ2) is 7.91. The van der Waals surface area contributed by atoms with E-state index in [1.54, 1.807) is 18.3 Å². The molecule has 0 aliphatic carbocycles. The minimum atomic E-state index is -0.882. The summed E-state index contributed by atoms with van der Waals surface area (Å²) in [6.45, 7) is 4.17. The monoisotopic (exact) mass is 456 g/mol. The quantitative estimate of drug-likeness (QED) is 0.478. The summed E-state index contributed by atoms with van der Waals surface area (Å²) in [4.78, 5) is 33.1. The van der Waals surface area contributed by atoms with E-state index in [-0.39, 0.29) is 27.4 Å². The van der Waals surface area contributed by atoms with Gasteiger partial charge in [-0.2, -0.15) is 9.94 Å². The van der Waals surface area contributed by atoms with Gasteiger partial charge in [-0.25, -0.2) is 9.78 Å². The van der Waals surface area contributed by atoms with Crippen molar-refractivity contribution in [3.05, 3.63) is 72.7 Å². The zero-order valence-corrected chi connectivity index (χ0v) is 17.7. The van der Waals surface area contributed by atoms with Gasteiger partial charge < -0.3 is 9.72 Å². The maximum absolute atomic E-state index is 12.1. The first-order valence-electron chi connectivity index (χ1n) is 9.06. The molecule has 0 fully saturated rings. The molecule has 0 saturated carbocycles. The SMILES string of the molecule is CC(C)c1c[nH]c2cnc(Oc3c(Cl)cc(-n4nc(C#N)c(=O)[nH]c4=O)cc3Cl)cc12. The Hall–Kier alpha value is -3.61. The Kier molecular flexibility index (Phi) is 5.27. The molecule has 0 spiro atoms. The van der Waals surface area contributed by atoms with Crippen LogP contribution in [-0.2, 0) is 0 Å². The van der Waals surface area contributed by atoms with E-state index in [0.29, 0.717) is 5.92 Å². The standard InChI is InChI=1S/C20H14Cl2N6O3/c1-9(2)12-7-24-16-8-25-17(5-11(12)16)31-18-13(21)3-10(4-14(18)22)28-20(30)26-19(29)15(6-23)27-28/h3-5,7-9,24H,1-2H3,(H,26,29,30). The van der Waals surface area contributed by atoms with Crippen molar-refractivity contribution in [2.24, 2.45) is 0 Å². The van der Waals surface area contributed by atoms with E-state index < -0.39 is 16.9 Å². The number of benzene rings is 1. The van der Waals surface area contributed by atoms with Gasteiger partial charge in [0.2, 0.25) is 11.6 Å². The van der Waals surface area contributed by atoms with Gasteiger partial charge in [0.25, 0.3) is 5.56 Å². The first kappa shape index (κ1) is 20.7. The highest BCUT2D eigenvalue weighted by atomic mass is 35.5. The lowest BCUT2D eigenvalue weighted by atomic mass is 10.0. The van der Waals surface area contributed by atoms with Gasteiger partial charge in [0, 0.05) is 17.6 Å². The molecule has 4 aromatic rings. The molecule has 3 heterocycles. The summed E-state index contributed by atoms with van der Waals surface area (Å²) in [5, 5.41) is 13.9. The van der Waals surface area contributed by atoms with Gasteiger partial charge in [0.15, 0.2) is 5.75 Å². The Morgan fingerprint density at radius 1 is 1.19 bits per heavy atom. The lowest BCUT2D eigenvalue weighted by Gasteiger charge is -2.12. The molecular weight excluding hydrogens is 443 g/mol. The molecule has 2 N–H and O–H groups in total. The van der Waals surface area contributed by atoms with Crippen LogP contribution in [0, 0.1) is 11.3 Å². The Balaban J connectivity index is 1.75. The second-order valence-corrected chi connectivity index (χ2v) is 7.75. The normalized spacial score (nSPS) is 11.1. The number of hydrogen-bond donors (Lipinski definition) is 2. The Morgan fingerprint density at radius 3 is 2.55 bits per heavy atom. The predicted molar refractivity (Wildman–Crippen MR) is 115 cm³/mol. The van der Waals surface area contributed by atoms with Crippen molar-refractivity contribution in [1.29, 1.82) is 5.26 Å².